The molecule has 0 atom stereocenters. The first kappa shape index (κ1) is 32.6. The first-order valence-electron chi connectivity index (χ1n) is 16.8. The summed E-state index contributed by atoms with van der Waals surface area (Å²) in [6.07, 6.45) is 15.4. The van der Waals surface area contributed by atoms with Gasteiger partial charge in [-0.25, -0.2) is 8.78 Å². The number of hydrogen-bond donors (Lipinski definition) is 0. The first-order valence-corrected chi connectivity index (χ1v) is 16.8. The van der Waals surface area contributed by atoms with E-state index in [2.05, 4.69) is 42.8 Å². The van der Waals surface area contributed by atoms with Crippen molar-refractivity contribution in [3.8, 4) is 16.9 Å². The molecule has 0 saturated heterocycles. The summed E-state index contributed by atoms with van der Waals surface area (Å²) in [7, 11) is 0. The van der Waals surface area contributed by atoms with Crippen LogP contribution >= 0.6 is 0 Å². The Hall–Kier alpha value is -2.82. The van der Waals surface area contributed by atoms with E-state index >= 15 is 0 Å². The van der Waals surface area contributed by atoms with Crippen molar-refractivity contribution in [2.45, 2.75) is 109 Å². The van der Waals surface area contributed by atoms with E-state index in [9.17, 15) is 17.6 Å². The number of benzene rings is 3. The molecule has 44 heavy (non-hydrogen) atoms. The highest BCUT2D eigenvalue weighted by molar-refractivity contribution is 5.63. The van der Waals surface area contributed by atoms with Crippen LogP contribution in [0.25, 0.3) is 11.1 Å². The maximum Gasteiger partial charge on any atom is 0.387 e. The molecule has 1 nitrogen and oxygen atoms in total. The van der Waals surface area contributed by atoms with Crippen molar-refractivity contribution in [3.05, 3.63) is 89.5 Å². The van der Waals surface area contributed by atoms with E-state index in [-0.39, 0.29) is 11.6 Å². The van der Waals surface area contributed by atoms with Gasteiger partial charge in [0.15, 0.2) is 11.6 Å². The first-order chi connectivity index (χ1) is 21.2. The lowest BCUT2D eigenvalue weighted by atomic mass is 9.68. The Kier molecular flexibility index (Phi) is 11.4. The highest BCUT2D eigenvalue weighted by Gasteiger charge is 2.30. The highest BCUT2D eigenvalue weighted by atomic mass is 19.3. The smallest absolute Gasteiger partial charge is 0.387 e. The molecule has 0 heterocycles. The van der Waals surface area contributed by atoms with E-state index in [0.717, 1.165) is 59.1 Å². The molecule has 3 fully saturated rings. The molecule has 0 N–H and O–H groups in total. The van der Waals surface area contributed by atoms with Crippen molar-refractivity contribution in [3.63, 3.8) is 0 Å². The third-order valence-electron chi connectivity index (χ3n) is 10.7. The van der Waals surface area contributed by atoms with Gasteiger partial charge in [0.05, 0.1) is 0 Å². The molecule has 0 spiro atoms. The molecule has 3 aromatic carbocycles. The molecule has 3 aliphatic rings. The highest BCUT2D eigenvalue weighted by Crippen LogP contribution is 2.44. The van der Waals surface area contributed by atoms with Crippen LogP contribution in [0.2, 0.25) is 0 Å². The normalized spacial score (nSPS) is 27.3. The van der Waals surface area contributed by atoms with Crippen LogP contribution < -0.4 is 4.74 Å². The van der Waals surface area contributed by atoms with Gasteiger partial charge in [0.1, 0.15) is 5.82 Å². The Bertz CT molecular complexity index is 1280. The van der Waals surface area contributed by atoms with Gasteiger partial charge < -0.3 is 4.74 Å². The van der Waals surface area contributed by atoms with E-state index in [4.69, 9.17) is 0 Å². The average molecular weight is 609 g/mol. The minimum absolute atomic E-state index is 0.179. The van der Waals surface area contributed by atoms with Gasteiger partial charge in [0.25, 0.3) is 0 Å². The number of hydrogen-bond acceptors (Lipinski definition) is 1. The SMILES string of the molecule is CC1CCC(C2CCC(c3ccc(OC(F)F)c(F)c3)CC2)CC1.CC1CCC(c2ccc(-c3ccc(F)cc3)cc2)CC1. The van der Waals surface area contributed by atoms with Gasteiger partial charge in [-0.1, -0.05) is 82.0 Å². The summed E-state index contributed by atoms with van der Waals surface area (Å²) >= 11 is 0. The molecular formula is C39H48F4O. The molecule has 3 saturated carbocycles. The third-order valence-corrected chi connectivity index (χ3v) is 10.7. The summed E-state index contributed by atoms with van der Waals surface area (Å²) in [5, 5.41) is 0. The molecule has 0 bridgehead atoms. The van der Waals surface area contributed by atoms with Crippen LogP contribution in [-0.4, -0.2) is 6.61 Å². The van der Waals surface area contributed by atoms with E-state index < -0.39 is 12.4 Å². The number of halogens is 4. The van der Waals surface area contributed by atoms with Crippen molar-refractivity contribution in [1.29, 1.82) is 0 Å². The van der Waals surface area contributed by atoms with Crippen LogP contribution in [-0.2, 0) is 0 Å². The van der Waals surface area contributed by atoms with Crippen molar-refractivity contribution in [2.24, 2.45) is 23.7 Å². The average Bonchev–Trinajstić information content (AvgIpc) is 3.04. The molecule has 3 aromatic rings. The Balaban J connectivity index is 0.000000177. The van der Waals surface area contributed by atoms with Gasteiger partial charge in [0.2, 0.25) is 0 Å². The topological polar surface area (TPSA) is 9.23 Å². The Morgan fingerprint density at radius 1 is 0.545 bits per heavy atom. The van der Waals surface area contributed by atoms with Crippen molar-refractivity contribution < 1.29 is 22.3 Å². The molecule has 6 rings (SSSR count). The number of ether oxygens (including phenoxy) is 1. The molecule has 0 unspecified atom stereocenters. The van der Waals surface area contributed by atoms with Gasteiger partial charge in [-0.05, 0) is 133 Å². The summed E-state index contributed by atoms with van der Waals surface area (Å²) in [6, 6.07) is 20.0. The maximum absolute atomic E-state index is 13.9. The summed E-state index contributed by atoms with van der Waals surface area (Å²) in [5.41, 5.74) is 4.63. The van der Waals surface area contributed by atoms with Crippen LogP contribution in [0.1, 0.15) is 114 Å². The predicted octanol–water partition coefficient (Wildman–Crippen LogP) is 12.3. The lowest BCUT2D eigenvalue weighted by molar-refractivity contribution is -0.0522. The van der Waals surface area contributed by atoms with Crippen LogP contribution in [0.15, 0.2) is 66.7 Å². The predicted molar refractivity (Wildman–Crippen MR) is 171 cm³/mol. The standard InChI is InChI=1S/C20H27F3O.C19H21F/c1-13-2-4-14(5-3-13)15-6-8-16(9-7-15)17-10-11-19(18(21)12-17)24-20(22)23;1-14-2-4-15(5-3-14)16-6-8-17(9-7-16)18-10-12-19(20)13-11-18/h10-16,20H,2-9H2,1H3;6-15H,2-5H2,1H3. The fourth-order valence-corrected chi connectivity index (χ4v) is 7.83. The zero-order valence-electron chi connectivity index (χ0n) is 26.3. The van der Waals surface area contributed by atoms with E-state index in [1.807, 2.05) is 12.1 Å². The molecule has 5 heteroatoms. The van der Waals surface area contributed by atoms with E-state index in [1.165, 1.54) is 94.0 Å². The van der Waals surface area contributed by atoms with Crippen LogP contribution in [0.3, 0.4) is 0 Å². The lowest BCUT2D eigenvalue weighted by Gasteiger charge is -2.37. The van der Waals surface area contributed by atoms with Crippen molar-refractivity contribution in [1.82, 2.24) is 0 Å². The van der Waals surface area contributed by atoms with Gasteiger partial charge >= 0.3 is 6.61 Å². The van der Waals surface area contributed by atoms with Gasteiger partial charge in [0, 0.05) is 0 Å². The summed E-state index contributed by atoms with van der Waals surface area (Å²) in [4.78, 5) is 0. The van der Waals surface area contributed by atoms with Crippen LogP contribution in [0.5, 0.6) is 5.75 Å². The molecule has 0 aliphatic heterocycles. The van der Waals surface area contributed by atoms with Gasteiger partial charge in [-0.3, -0.25) is 0 Å². The fraction of sp³-hybridized carbons (Fsp3) is 0.538. The Morgan fingerprint density at radius 3 is 1.50 bits per heavy atom. The quantitative estimate of drug-likeness (QED) is 0.253. The minimum atomic E-state index is -2.99. The summed E-state index contributed by atoms with van der Waals surface area (Å²) in [5.74, 6) is 3.32. The molecule has 0 aromatic heterocycles. The second kappa shape index (κ2) is 15.5. The monoisotopic (exact) mass is 608 g/mol. The van der Waals surface area contributed by atoms with Crippen molar-refractivity contribution >= 4 is 0 Å². The maximum atomic E-state index is 13.9. The number of rotatable bonds is 6. The fourth-order valence-electron chi connectivity index (χ4n) is 7.83. The number of alkyl halides is 2. The zero-order valence-corrected chi connectivity index (χ0v) is 26.3. The van der Waals surface area contributed by atoms with E-state index in [0.29, 0.717) is 5.92 Å². The largest absolute Gasteiger partial charge is 0.432 e. The third kappa shape index (κ3) is 8.88. The van der Waals surface area contributed by atoms with Crippen LogP contribution in [0.4, 0.5) is 17.6 Å². The molecule has 0 radical (unpaired) electrons. The summed E-state index contributed by atoms with van der Waals surface area (Å²) in [6.45, 7) is 1.72. The second-order valence-electron chi connectivity index (χ2n) is 13.8. The van der Waals surface area contributed by atoms with E-state index in [1.54, 1.807) is 6.07 Å². The molecule has 0 amide bonds. The minimum Gasteiger partial charge on any atom is -0.432 e. The summed E-state index contributed by atoms with van der Waals surface area (Å²) < 4.78 is 55.5. The van der Waals surface area contributed by atoms with Gasteiger partial charge in [-0.2, -0.15) is 8.78 Å². The van der Waals surface area contributed by atoms with Gasteiger partial charge in [-0.15, -0.1) is 0 Å². The molecule has 238 valence electrons. The molecule has 3 aliphatic carbocycles. The van der Waals surface area contributed by atoms with Crippen molar-refractivity contribution in [2.75, 3.05) is 0 Å². The second-order valence-corrected chi connectivity index (χ2v) is 13.8. The molecular weight excluding hydrogens is 560 g/mol. The zero-order chi connectivity index (χ0) is 31.1. The lowest BCUT2D eigenvalue weighted by Crippen LogP contribution is -2.24. The van der Waals surface area contributed by atoms with Crippen LogP contribution in [0, 0.1) is 35.3 Å². The Labute approximate surface area is 261 Å². The Morgan fingerprint density at radius 2 is 0.977 bits per heavy atom.